The molecule has 88 valence electrons. The molecular formula is C14H23BO. The van der Waals surface area contributed by atoms with Crippen LogP contribution in [0.2, 0.25) is 0 Å². The second-order valence-corrected chi connectivity index (χ2v) is 6.37. The third-order valence-corrected chi connectivity index (χ3v) is 4.32. The molecule has 1 nitrogen and oxygen atoms in total. The molecular weight excluding hydrogens is 195 g/mol. The summed E-state index contributed by atoms with van der Waals surface area (Å²) < 4.78 is 0. The molecule has 0 aromatic carbocycles. The average Bonchev–Trinajstić information content (AvgIpc) is 2.15. The Kier molecular flexibility index (Phi) is 2.82. The molecule has 0 aliphatic heterocycles. The minimum atomic E-state index is -0.659. The maximum atomic E-state index is 10.3. The fraction of sp³-hybridized carbons (Fsp3) is 0.714. The maximum absolute atomic E-state index is 10.3. The van der Waals surface area contributed by atoms with E-state index in [-0.39, 0.29) is 0 Å². The lowest BCUT2D eigenvalue weighted by Gasteiger charge is -2.45. The van der Waals surface area contributed by atoms with Crippen molar-refractivity contribution < 1.29 is 5.11 Å². The molecule has 0 aromatic heterocycles. The van der Waals surface area contributed by atoms with Crippen LogP contribution in [0, 0.1) is 23.7 Å². The normalized spacial score (nSPS) is 34.0. The number of allylic oxidation sites excluding steroid dienone is 3. The van der Waals surface area contributed by atoms with Crippen molar-refractivity contribution in [2.45, 2.75) is 39.7 Å². The second kappa shape index (κ2) is 3.77. The van der Waals surface area contributed by atoms with Gasteiger partial charge in [0.2, 0.25) is 0 Å². The van der Waals surface area contributed by atoms with E-state index in [2.05, 4.69) is 33.8 Å². The van der Waals surface area contributed by atoms with Crippen LogP contribution in [0.25, 0.3) is 0 Å². The van der Waals surface area contributed by atoms with Crippen LogP contribution in [0.3, 0.4) is 0 Å². The van der Waals surface area contributed by atoms with Gasteiger partial charge < -0.3 is 5.11 Å². The smallest absolute Gasteiger partial charge is 0.134 e. The van der Waals surface area contributed by atoms with Gasteiger partial charge >= 0.3 is 0 Å². The Labute approximate surface area is 100 Å². The van der Waals surface area contributed by atoms with Gasteiger partial charge in [0.25, 0.3) is 0 Å². The number of hydrogen-bond acceptors (Lipinski definition) is 1. The summed E-state index contributed by atoms with van der Waals surface area (Å²) in [5, 5.41) is 10.3. The average molecular weight is 218 g/mol. The van der Waals surface area contributed by atoms with Crippen LogP contribution in [0.4, 0.5) is 0 Å². The van der Waals surface area contributed by atoms with Crippen molar-refractivity contribution in [3.63, 3.8) is 0 Å². The van der Waals surface area contributed by atoms with E-state index in [4.69, 9.17) is 0 Å². The first-order chi connectivity index (χ1) is 7.30. The molecule has 0 amide bonds. The molecule has 0 radical (unpaired) electrons. The van der Waals surface area contributed by atoms with Crippen LogP contribution >= 0.6 is 0 Å². The first kappa shape index (κ1) is 12.0. The molecule has 2 bridgehead atoms. The Morgan fingerprint density at radius 3 is 2.44 bits per heavy atom. The number of aliphatic hydroxyl groups is 1. The standard InChI is InChI=1S/C14H23BO/c1-8(2)10-5-9-6-12(14(3,4)16)11(10)7-13(9)15/h6-11,16H,5,15H2,1-4H3/t9-,10?,11?/m0/s1. The van der Waals surface area contributed by atoms with Crippen molar-refractivity contribution in [2.24, 2.45) is 23.7 Å². The summed E-state index contributed by atoms with van der Waals surface area (Å²) in [4.78, 5) is 0. The van der Waals surface area contributed by atoms with E-state index in [1.807, 2.05) is 13.8 Å². The zero-order chi connectivity index (χ0) is 12.1. The third kappa shape index (κ3) is 1.88. The predicted molar refractivity (Wildman–Crippen MR) is 70.9 cm³/mol. The highest BCUT2D eigenvalue weighted by Gasteiger charge is 2.41. The van der Waals surface area contributed by atoms with E-state index in [0.717, 1.165) is 0 Å². The van der Waals surface area contributed by atoms with Gasteiger partial charge in [-0.3, -0.25) is 0 Å². The third-order valence-electron chi connectivity index (χ3n) is 4.32. The molecule has 3 atom stereocenters. The fourth-order valence-corrected chi connectivity index (χ4v) is 3.30. The minimum Gasteiger partial charge on any atom is -0.386 e. The van der Waals surface area contributed by atoms with E-state index in [1.165, 1.54) is 17.5 Å². The van der Waals surface area contributed by atoms with Gasteiger partial charge in [-0.25, -0.2) is 0 Å². The summed E-state index contributed by atoms with van der Waals surface area (Å²) in [6, 6.07) is 0. The van der Waals surface area contributed by atoms with E-state index in [0.29, 0.717) is 23.7 Å². The molecule has 3 aliphatic carbocycles. The summed E-state index contributed by atoms with van der Waals surface area (Å²) in [6.07, 6.45) is 5.98. The highest BCUT2D eigenvalue weighted by molar-refractivity contribution is 6.22. The van der Waals surface area contributed by atoms with Gasteiger partial charge in [-0.1, -0.05) is 26.0 Å². The molecule has 0 spiro atoms. The van der Waals surface area contributed by atoms with Gasteiger partial charge in [-0.2, -0.15) is 0 Å². The lowest BCUT2D eigenvalue weighted by Crippen LogP contribution is -2.40. The molecule has 3 rings (SSSR count). The van der Waals surface area contributed by atoms with Crippen LogP contribution in [0.15, 0.2) is 23.2 Å². The highest BCUT2D eigenvalue weighted by atomic mass is 16.3. The molecule has 0 aromatic rings. The van der Waals surface area contributed by atoms with Crippen molar-refractivity contribution in [2.75, 3.05) is 0 Å². The first-order valence-electron chi connectivity index (χ1n) is 6.43. The van der Waals surface area contributed by atoms with Crippen LogP contribution in [-0.2, 0) is 0 Å². The Morgan fingerprint density at radius 2 is 2.00 bits per heavy atom. The molecule has 0 saturated carbocycles. The monoisotopic (exact) mass is 218 g/mol. The lowest BCUT2D eigenvalue weighted by molar-refractivity contribution is 0.0909. The maximum Gasteiger partial charge on any atom is 0.134 e. The van der Waals surface area contributed by atoms with Crippen LogP contribution in [0.1, 0.15) is 34.1 Å². The minimum absolute atomic E-state index is 0.463. The zero-order valence-electron chi connectivity index (χ0n) is 11.1. The van der Waals surface area contributed by atoms with Crippen molar-refractivity contribution in [3.8, 4) is 0 Å². The van der Waals surface area contributed by atoms with E-state index < -0.39 is 5.60 Å². The van der Waals surface area contributed by atoms with Crippen molar-refractivity contribution in [3.05, 3.63) is 23.2 Å². The summed E-state index contributed by atoms with van der Waals surface area (Å²) >= 11 is 0. The Hall–Kier alpha value is -0.495. The number of fused-ring (bicyclic) bond motifs is 1. The van der Waals surface area contributed by atoms with Gasteiger partial charge in [0.05, 0.1) is 5.60 Å². The topological polar surface area (TPSA) is 20.2 Å². The second-order valence-electron chi connectivity index (χ2n) is 6.37. The molecule has 3 aliphatic rings. The quantitative estimate of drug-likeness (QED) is 0.556. The molecule has 0 heterocycles. The molecule has 2 unspecified atom stereocenters. The van der Waals surface area contributed by atoms with Crippen molar-refractivity contribution >= 4 is 7.85 Å². The SMILES string of the molecule is BC1=CC2C(C(C)(C)O)=C[C@@H]1CC2C(C)C. The Morgan fingerprint density at radius 1 is 1.38 bits per heavy atom. The van der Waals surface area contributed by atoms with Gasteiger partial charge in [0, 0.05) is 5.92 Å². The van der Waals surface area contributed by atoms with Crippen molar-refractivity contribution in [1.29, 1.82) is 0 Å². The summed E-state index contributed by atoms with van der Waals surface area (Å²) in [7, 11) is 2.23. The van der Waals surface area contributed by atoms with Gasteiger partial charge in [0.1, 0.15) is 7.85 Å². The largest absolute Gasteiger partial charge is 0.386 e. The summed E-state index contributed by atoms with van der Waals surface area (Å²) in [5.41, 5.74) is 2.08. The zero-order valence-corrected chi connectivity index (χ0v) is 11.1. The van der Waals surface area contributed by atoms with Crippen molar-refractivity contribution in [1.82, 2.24) is 0 Å². The van der Waals surface area contributed by atoms with Crippen LogP contribution in [-0.4, -0.2) is 18.6 Å². The highest BCUT2D eigenvalue weighted by Crippen LogP contribution is 2.48. The predicted octanol–water partition coefficient (Wildman–Crippen LogP) is 2.12. The molecule has 0 fully saturated rings. The summed E-state index contributed by atoms with van der Waals surface area (Å²) in [5.74, 6) is 2.44. The van der Waals surface area contributed by atoms with E-state index in [9.17, 15) is 5.11 Å². The fourth-order valence-electron chi connectivity index (χ4n) is 3.30. The molecule has 1 N–H and O–H groups in total. The molecule has 2 heteroatoms. The lowest BCUT2D eigenvalue weighted by atomic mass is 9.57. The van der Waals surface area contributed by atoms with Gasteiger partial charge in [-0.15, -0.1) is 5.47 Å². The number of rotatable bonds is 2. The molecule has 16 heavy (non-hydrogen) atoms. The van der Waals surface area contributed by atoms with Crippen LogP contribution in [0.5, 0.6) is 0 Å². The van der Waals surface area contributed by atoms with E-state index in [1.54, 1.807) is 0 Å². The van der Waals surface area contributed by atoms with Gasteiger partial charge in [0.15, 0.2) is 0 Å². The first-order valence-corrected chi connectivity index (χ1v) is 6.43. The van der Waals surface area contributed by atoms with Crippen LogP contribution < -0.4 is 0 Å². The molecule has 0 saturated heterocycles. The van der Waals surface area contributed by atoms with Gasteiger partial charge in [-0.05, 0) is 43.6 Å². The number of hydrogen-bond donors (Lipinski definition) is 1. The summed E-state index contributed by atoms with van der Waals surface area (Å²) in [6.45, 7) is 8.44. The Balaban J connectivity index is 2.36. The Bertz CT molecular complexity index is 346. The van der Waals surface area contributed by atoms with E-state index >= 15 is 0 Å².